The van der Waals surface area contributed by atoms with Crippen molar-refractivity contribution in [3.63, 3.8) is 0 Å². The Morgan fingerprint density at radius 1 is 1.30 bits per heavy atom. The van der Waals surface area contributed by atoms with Crippen LogP contribution >= 0.6 is 0 Å². The minimum atomic E-state index is -0.421. The largest absolute Gasteiger partial charge is 0.461 e. The summed E-state index contributed by atoms with van der Waals surface area (Å²) in [4.78, 5) is 16.6. The number of imidazole rings is 1. The van der Waals surface area contributed by atoms with E-state index >= 15 is 0 Å². The number of aliphatic hydroxyl groups is 1. The van der Waals surface area contributed by atoms with E-state index < -0.39 is 12.1 Å². The third-order valence-electron chi connectivity index (χ3n) is 4.36. The Kier molecular flexibility index (Phi) is 4.76. The quantitative estimate of drug-likeness (QED) is 0.880. The van der Waals surface area contributed by atoms with Crippen molar-refractivity contribution in [3.05, 3.63) is 42.4 Å². The highest BCUT2D eigenvalue weighted by atomic mass is 16.5. The van der Waals surface area contributed by atoms with Crippen LogP contribution in [0.15, 0.2) is 36.7 Å². The van der Waals surface area contributed by atoms with E-state index in [1.807, 2.05) is 34.9 Å². The van der Waals surface area contributed by atoms with Gasteiger partial charge >= 0.3 is 5.97 Å². The van der Waals surface area contributed by atoms with Gasteiger partial charge in [-0.15, -0.1) is 0 Å². The van der Waals surface area contributed by atoms with E-state index in [9.17, 15) is 9.90 Å². The van der Waals surface area contributed by atoms with Crippen molar-refractivity contribution in [1.82, 2.24) is 9.55 Å². The molecule has 0 amide bonds. The Morgan fingerprint density at radius 2 is 2.04 bits per heavy atom. The highest BCUT2D eigenvalue weighted by Crippen LogP contribution is 2.34. The molecule has 5 nitrogen and oxygen atoms in total. The van der Waals surface area contributed by atoms with E-state index in [-0.39, 0.29) is 6.04 Å². The van der Waals surface area contributed by atoms with Gasteiger partial charge < -0.3 is 14.4 Å². The normalized spacial score (nSPS) is 21.1. The van der Waals surface area contributed by atoms with Crippen molar-refractivity contribution in [2.24, 2.45) is 0 Å². The van der Waals surface area contributed by atoms with Crippen molar-refractivity contribution >= 4 is 5.97 Å². The topological polar surface area (TPSA) is 64.3 Å². The fraction of sp³-hybridized carbons (Fsp3) is 0.444. The van der Waals surface area contributed by atoms with Crippen LogP contribution in [0.25, 0.3) is 11.3 Å². The third-order valence-corrected chi connectivity index (χ3v) is 4.36. The van der Waals surface area contributed by atoms with Gasteiger partial charge in [0.2, 0.25) is 0 Å². The van der Waals surface area contributed by atoms with Gasteiger partial charge in [0.15, 0.2) is 5.69 Å². The fourth-order valence-electron chi connectivity index (χ4n) is 3.26. The minimum Gasteiger partial charge on any atom is -0.461 e. The summed E-state index contributed by atoms with van der Waals surface area (Å²) < 4.78 is 7.09. The SMILES string of the molecule is CCOC(=O)c1ncn([C@H]2CCCC[C@@H]2O)c1-c1ccccc1. The van der Waals surface area contributed by atoms with Crippen LogP contribution in [-0.2, 0) is 4.74 Å². The first-order chi connectivity index (χ1) is 11.2. The van der Waals surface area contributed by atoms with Crippen LogP contribution in [0.1, 0.15) is 49.1 Å². The average molecular weight is 314 g/mol. The number of rotatable bonds is 4. The highest BCUT2D eigenvalue weighted by molar-refractivity contribution is 5.94. The van der Waals surface area contributed by atoms with E-state index in [1.165, 1.54) is 0 Å². The molecular weight excluding hydrogens is 292 g/mol. The number of benzene rings is 1. The molecule has 0 radical (unpaired) electrons. The molecule has 1 aliphatic carbocycles. The predicted octanol–water partition coefficient (Wildman–Crippen LogP) is 3.20. The van der Waals surface area contributed by atoms with Crippen LogP contribution in [0.4, 0.5) is 0 Å². The summed E-state index contributed by atoms with van der Waals surface area (Å²) in [7, 11) is 0. The molecule has 23 heavy (non-hydrogen) atoms. The molecule has 1 aromatic heterocycles. The Morgan fingerprint density at radius 3 is 2.74 bits per heavy atom. The second kappa shape index (κ2) is 6.96. The number of aliphatic hydroxyl groups excluding tert-OH is 1. The summed E-state index contributed by atoms with van der Waals surface area (Å²) in [5, 5.41) is 10.4. The van der Waals surface area contributed by atoms with Crippen LogP contribution in [0.5, 0.6) is 0 Å². The molecule has 1 aromatic carbocycles. The van der Waals surface area contributed by atoms with Crippen LogP contribution < -0.4 is 0 Å². The van der Waals surface area contributed by atoms with E-state index in [2.05, 4.69) is 4.98 Å². The molecule has 1 heterocycles. The number of nitrogens with zero attached hydrogens (tertiary/aromatic N) is 2. The van der Waals surface area contributed by atoms with Gasteiger partial charge in [0.05, 0.1) is 30.8 Å². The second-order valence-electron chi connectivity index (χ2n) is 5.85. The molecule has 2 aromatic rings. The maximum Gasteiger partial charge on any atom is 0.359 e. The van der Waals surface area contributed by atoms with Crippen LogP contribution in [-0.4, -0.2) is 33.3 Å². The lowest BCUT2D eigenvalue weighted by Crippen LogP contribution is -2.27. The van der Waals surface area contributed by atoms with Gasteiger partial charge in [-0.2, -0.15) is 0 Å². The fourth-order valence-corrected chi connectivity index (χ4v) is 3.26. The zero-order valence-corrected chi connectivity index (χ0v) is 13.3. The minimum absolute atomic E-state index is 0.0466. The Balaban J connectivity index is 2.07. The van der Waals surface area contributed by atoms with Gasteiger partial charge in [-0.25, -0.2) is 9.78 Å². The second-order valence-corrected chi connectivity index (χ2v) is 5.85. The number of hydrogen-bond donors (Lipinski definition) is 1. The number of ether oxygens (including phenoxy) is 1. The summed E-state index contributed by atoms with van der Waals surface area (Å²) in [5.74, 6) is -0.421. The number of esters is 1. The Labute approximate surface area is 135 Å². The first kappa shape index (κ1) is 15.7. The lowest BCUT2D eigenvalue weighted by molar-refractivity contribution is 0.0519. The first-order valence-corrected chi connectivity index (χ1v) is 8.19. The summed E-state index contributed by atoms with van der Waals surface area (Å²) >= 11 is 0. The first-order valence-electron chi connectivity index (χ1n) is 8.19. The van der Waals surface area contributed by atoms with Gasteiger partial charge in [-0.1, -0.05) is 43.2 Å². The van der Waals surface area contributed by atoms with Gasteiger partial charge in [0.1, 0.15) is 0 Å². The molecule has 1 fully saturated rings. The molecule has 0 saturated heterocycles. The molecule has 122 valence electrons. The molecule has 1 N–H and O–H groups in total. The molecule has 1 saturated carbocycles. The summed E-state index contributed by atoms with van der Waals surface area (Å²) in [5.41, 5.74) is 1.96. The molecule has 3 rings (SSSR count). The Hall–Kier alpha value is -2.14. The standard InChI is InChI=1S/C18H22N2O3/c1-2-23-18(22)16-17(13-8-4-3-5-9-13)20(12-19-16)14-10-6-7-11-15(14)21/h3-5,8-9,12,14-15,21H,2,6-7,10-11H2,1H3/t14-,15-/m0/s1. The molecule has 2 atom stereocenters. The van der Waals surface area contributed by atoms with Crippen LogP contribution in [0.2, 0.25) is 0 Å². The highest BCUT2D eigenvalue weighted by Gasteiger charge is 2.29. The van der Waals surface area contributed by atoms with Gasteiger partial charge in [0, 0.05) is 5.56 Å². The van der Waals surface area contributed by atoms with Gasteiger partial charge in [0.25, 0.3) is 0 Å². The Bertz CT molecular complexity index is 666. The average Bonchev–Trinajstić information content (AvgIpc) is 3.01. The lowest BCUT2D eigenvalue weighted by Gasteiger charge is -2.30. The molecule has 0 unspecified atom stereocenters. The van der Waals surface area contributed by atoms with E-state index in [0.29, 0.717) is 12.3 Å². The number of carbonyl (C=O) groups is 1. The molecule has 0 spiro atoms. The zero-order chi connectivity index (χ0) is 16.2. The lowest BCUT2D eigenvalue weighted by atomic mass is 9.92. The maximum absolute atomic E-state index is 12.3. The van der Waals surface area contributed by atoms with Crippen molar-refractivity contribution in [2.45, 2.75) is 44.8 Å². The van der Waals surface area contributed by atoms with Crippen molar-refractivity contribution in [3.8, 4) is 11.3 Å². The van der Waals surface area contributed by atoms with Gasteiger partial charge in [-0.3, -0.25) is 0 Å². The van der Waals surface area contributed by atoms with Crippen molar-refractivity contribution < 1.29 is 14.6 Å². The zero-order valence-electron chi connectivity index (χ0n) is 13.3. The summed E-state index contributed by atoms with van der Waals surface area (Å²) in [6.45, 7) is 2.09. The molecule has 0 aliphatic heterocycles. The number of hydrogen-bond acceptors (Lipinski definition) is 4. The van der Waals surface area contributed by atoms with E-state index in [1.54, 1.807) is 13.3 Å². The van der Waals surface area contributed by atoms with Gasteiger partial charge in [-0.05, 0) is 19.8 Å². The van der Waals surface area contributed by atoms with Crippen LogP contribution in [0, 0.1) is 0 Å². The molecule has 5 heteroatoms. The van der Waals surface area contributed by atoms with E-state index in [4.69, 9.17) is 4.74 Å². The monoisotopic (exact) mass is 314 g/mol. The van der Waals surface area contributed by atoms with E-state index in [0.717, 1.165) is 36.9 Å². The van der Waals surface area contributed by atoms with Crippen molar-refractivity contribution in [1.29, 1.82) is 0 Å². The number of carbonyl (C=O) groups excluding carboxylic acids is 1. The predicted molar refractivity (Wildman–Crippen MR) is 87.1 cm³/mol. The van der Waals surface area contributed by atoms with Crippen LogP contribution in [0.3, 0.4) is 0 Å². The molecule has 1 aliphatic rings. The molecular formula is C18H22N2O3. The number of aromatic nitrogens is 2. The smallest absolute Gasteiger partial charge is 0.359 e. The third kappa shape index (κ3) is 3.15. The maximum atomic E-state index is 12.3. The summed E-state index contributed by atoms with van der Waals surface area (Å²) in [6, 6.07) is 9.65. The molecule has 0 bridgehead atoms. The van der Waals surface area contributed by atoms with Crippen molar-refractivity contribution in [2.75, 3.05) is 6.61 Å². The summed E-state index contributed by atoms with van der Waals surface area (Å²) in [6.07, 6.45) is 5.04.